The van der Waals surface area contributed by atoms with Crippen LogP contribution in [0.2, 0.25) is 5.02 Å². The molecule has 10 heteroatoms. The van der Waals surface area contributed by atoms with Crippen molar-refractivity contribution in [3.8, 4) is 0 Å². The number of hydrogen-bond donors (Lipinski definition) is 1. The molecule has 1 N–H and O–H groups in total. The van der Waals surface area contributed by atoms with E-state index in [-0.39, 0.29) is 15.5 Å². The molecule has 7 nitrogen and oxygen atoms in total. The number of amides is 1. The summed E-state index contributed by atoms with van der Waals surface area (Å²) in [7, 11) is -3.93. The summed E-state index contributed by atoms with van der Waals surface area (Å²) >= 11 is 6.25. The van der Waals surface area contributed by atoms with Gasteiger partial charge in [-0.05, 0) is 55.3 Å². The van der Waals surface area contributed by atoms with Crippen LogP contribution in [-0.4, -0.2) is 37.7 Å². The van der Waals surface area contributed by atoms with Gasteiger partial charge in [-0.25, -0.2) is 17.6 Å². The Morgan fingerprint density at radius 1 is 0.919 bits per heavy atom. The summed E-state index contributed by atoms with van der Waals surface area (Å²) in [4.78, 5) is 26.0. The predicted molar refractivity (Wildman–Crippen MR) is 138 cm³/mol. The van der Waals surface area contributed by atoms with Gasteiger partial charge in [0.1, 0.15) is 10.7 Å². The van der Waals surface area contributed by atoms with Crippen molar-refractivity contribution in [1.82, 2.24) is 4.31 Å². The highest BCUT2D eigenvalue weighted by atomic mass is 35.5. The van der Waals surface area contributed by atoms with Crippen molar-refractivity contribution in [3.05, 3.63) is 94.8 Å². The van der Waals surface area contributed by atoms with Crippen LogP contribution in [0.25, 0.3) is 0 Å². The van der Waals surface area contributed by atoms with Crippen LogP contribution in [0.15, 0.2) is 77.7 Å². The molecule has 0 bridgehead atoms. The minimum atomic E-state index is -3.93. The van der Waals surface area contributed by atoms with Crippen LogP contribution in [0.1, 0.15) is 47.7 Å². The van der Waals surface area contributed by atoms with Gasteiger partial charge in [0.15, 0.2) is 0 Å². The van der Waals surface area contributed by atoms with E-state index in [1.807, 2.05) is 0 Å². The van der Waals surface area contributed by atoms with Crippen molar-refractivity contribution >= 4 is 39.2 Å². The number of nitrogens with zero attached hydrogens (tertiary/aromatic N) is 1. The molecule has 3 aromatic carbocycles. The van der Waals surface area contributed by atoms with Gasteiger partial charge in [0, 0.05) is 24.3 Å². The Kier molecular flexibility index (Phi) is 8.58. The molecular formula is C27H26ClFN2O5S. The van der Waals surface area contributed by atoms with Crippen LogP contribution < -0.4 is 5.32 Å². The lowest BCUT2D eigenvalue weighted by Gasteiger charge is -2.21. The van der Waals surface area contributed by atoms with Gasteiger partial charge in [0.2, 0.25) is 16.1 Å². The number of hydrogen-bond acceptors (Lipinski definition) is 5. The monoisotopic (exact) mass is 544 g/mol. The molecule has 1 amide bonds. The normalized spacial score (nSPS) is 15.4. The molecule has 1 aliphatic rings. The second-order valence-electron chi connectivity index (χ2n) is 8.66. The second-order valence-corrected chi connectivity index (χ2v) is 11.0. The van der Waals surface area contributed by atoms with Crippen molar-refractivity contribution in [2.75, 3.05) is 18.4 Å². The topological polar surface area (TPSA) is 92.8 Å². The van der Waals surface area contributed by atoms with Gasteiger partial charge < -0.3 is 10.1 Å². The quantitative estimate of drug-likeness (QED) is 0.392. The van der Waals surface area contributed by atoms with Gasteiger partial charge in [-0.15, -0.1) is 0 Å². The predicted octanol–water partition coefficient (Wildman–Crippen LogP) is 5.58. The van der Waals surface area contributed by atoms with E-state index in [4.69, 9.17) is 16.3 Å². The Balaban J connectivity index is 1.60. The molecule has 0 radical (unpaired) electrons. The largest absolute Gasteiger partial charge is 0.444 e. The molecule has 0 saturated carbocycles. The Labute approximate surface area is 220 Å². The van der Waals surface area contributed by atoms with E-state index in [9.17, 15) is 22.4 Å². The number of carbonyl (C=O) groups is 2. The minimum absolute atomic E-state index is 0.00513. The summed E-state index contributed by atoms with van der Waals surface area (Å²) in [5, 5.41) is 2.61. The number of carbonyl (C=O) groups excluding carboxylic acids is 2. The summed E-state index contributed by atoms with van der Waals surface area (Å²) < 4.78 is 46.8. The van der Waals surface area contributed by atoms with E-state index in [0.29, 0.717) is 24.3 Å². The standard InChI is InChI=1S/C27H26ClFN2O5S/c28-23-15-10-20(18-24(23)37(34,35)31-16-6-1-2-7-17-31)27(33)36-25(19-8-4-3-5-9-19)26(32)30-22-13-11-21(29)12-14-22/h3-5,8-15,18,25H,1-2,6-7,16-17H2,(H,30,32)/t25-/m0/s1. The average molecular weight is 545 g/mol. The highest BCUT2D eigenvalue weighted by Gasteiger charge is 2.30. The number of rotatable bonds is 7. The van der Waals surface area contributed by atoms with Crippen molar-refractivity contribution in [2.24, 2.45) is 0 Å². The van der Waals surface area contributed by atoms with Gasteiger partial charge in [-0.2, -0.15) is 4.31 Å². The molecule has 37 heavy (non-hydrogen) atoms. The zero-order valence-electron chi connectivity index (χ0n) is 19.9. The number of nitrogens with one attached hydrogen (secondary N) is 1. The Hall–Kier alpha value is -3.27. The number of ether oxygens (including phenoxy) is 1. The van der Waals surface area contributed by atoms with E-state index in [1.165, 1.54) is 46.8 Å². The fourth-order valence-corrected chi connectivity index (χ4v) is 6.08. The van der Waals surface area contributed by atoms with Crippen molar-refractivity contribution in [2.45, 2.75) is 36.7 Å². The third-order valence-corrected chi connectivity index (χ3v) is 8.41. The molecule has 1 saturated heterocycles. The molecule has 1 aliphatic heterocycles. The summed E-state index contributed by atoms with van der Waals surface area (Å²) in [6.45, 7) is 0.764. The second kappa shape index (κ2) is 11.9. The fourth-order valence-electron chi connectivity index (χ4n) is 4.07. The summed E-state index contributed by atoms with van der Waals surface area (Å²) in [5.74, 6) is -2.01. The molecule has 0 aliphatic carbocycles. The molecule has 1 fully saturated rings. The van der Waals surface area contributed by atoms with E-state index < -0.39 is 33.8 Å². The molecule has 1 heterocycles. The van der Waals surface area contributed by atoms with Crippen LogP contribution >= 0.6 is 11.6 Å². The molecule has 3 aromatic rings. The molecule has 0 aromatic heterocycles. The van der Waals surface area contributed by atoms with Crippen molar-refractivity contribution < 1.29 is 27.1 Å². The first kappa shape index (κ1) is 26.8. The molecule has 1 atom stereocenters. The van der Waals surface area contributed by atoms with Crippen molar-refractivity contribution in [3.63, 3.8) is 0 Å². The van der Waals surface area contributed by atoms with Crippen LogP contribution in [-0.2, 0) is 19.6 Å². The van der Waals surface area contributed by atoms with E-state index in [0.717, 1.165) is 25.7 Å². The van der Waals surface area contributed by atoms with E-state index in [1.54, 1.807) is 30.3 Å². The maximum absolute atomic E-state index is 13.3. The lowest BCUT2D eigenvalue weighted by molar-refractivity contribution is -0.125. The minimum Gasteiger partial charge on any atom is -0.444 e. The Morgan fingerprint density at radius 2 is 1.57 bits per heavy atom. The third kappa shape index (κ3) is 6.54. The zero-order chi connectivity index (χ0) is 26.4. The van der Waals surface area contributed by atoms with Gasteiger partial charge in [0.05, 0.1) is 10.6 Å². The smallest absolute Gasteiger partial charge is 0.339 e. The van der Waals surface area contributed by atoms with Crippen molar-refractivity contribution in [1.29, 1.82) is 0 Å². The first-order chi connectivity index (χ1) is 17.8. The molecule has 0 unspecified atom stereocenters. The summed E-state index contributed by atoms with van der Waals surface area (Å²) in [6.07, 6.45) is 2.06. The zero-order valence-corrected chi connectivity index (χ0v) is 21.5. The Bertz CT molecular complexity index is 1360. The average Bonchev–Trinajstić information content (AvgIpc) is 3.19. The summed E-state index contributed by atoms with van der Waals surface area (Å²) in [5.41, 5.74) is 0.663. The van der Waals surface area contributed by atoms with E-state index in [2.05, 4.69) is 5.32 Å². The maximum atomic E-state index is 13.3. The highest BCUT2D eigenvalue weighted by molar-refractivity contribution is 7.89. The number of sulfonamides is 1. The molecular weight excluding hydrogens is 519 g/mol. The SMILES string of the molecule is O=C(O[C@H](C(=O)Nc1ccc(F)cc1)c1ccccc1)c1ccc(Cl)c(S(=O)(=O)N2CCCCCC2)c1. The lowest BCUT2D eigenvalue weighted by Crippen LogP contribution is -2.32. The third-order valence-electron chi connectivity index (χ3n) is 6.03. The van der Waals surface area contributed by atoms with Crippen LogP contribution in [0.5, 0.6) is 0 Å². The number of benzene rings is 3. The molecule has 194 valence electrons. The first-order valence-electron chi connectivity index (χ1n) is 11.9. The molecule has 4 rings (SSSR count). The van der Waals surface area contributed by atoms with Gasteiger partial charge in [-0.1, -0.05) is 54.8 Å². The van der Waals surface area contributed by atoms with Crippen LogP contribution in [0, 0.1) is 5.82 Å². The fraction of sp³-hybridized carbons (Fsp3) is 0.259. The highest BCUT2D eigenvalue weighted by Crippen LogP contribution is 2.29. The van der Waals surface area contributed by atoms with Gasteiger partial charge in [-0.3, -0.25) is 4.79 Å². The lowest BCUT2D eigenvalue weighted by atomic mass is 10.1. The Morgan fingerprint density at radius 3 is 2.22 bits per heavy atom. The van der Waals surface area contributed by atoms with Crippen LogP contribution in [0.4, 0.5) is 10.1 Å². The molecule has 0 spiro atoms. The van der Waals surface area contributed by atoms with Crippen LogP contribution in [0.3, 0.4) is 0 Å². The maximum Gasteiger partial charge on any atom is 0.339 e. The number of anilines is 1. The first-order valence-corrected chi connectivity index (χ1v) is 13.7. The number of esters is 1. The summed E-state index contributed by atoms with van der Waals surface area (Å²) in [6, 6.07) is 17.4. The number of halogens is 2. The van der Waals surface area contributed by atoms with E-state index >= 15 is 0 Å². The van der Waals surface area contributed by atoms with Gasteiger partial charge >= 0.3 is 5.97 Å². The van der Waals surface area contributed by atoms with Gasteiger partial charge in [0.25, 0.3) is 5.91 Å².